The molecule has 0 aromatic heterocycles. The molecule has 0 bridgehead atoms. The number of hydrogen-bond donors (Lipinski definition) is 0. The van der Waals surface area contributed by atoms with Crippen molar-refractivity contribution < 1.29 is 19.1 Å². The van der Waals surface area contributed by atoms with Crippen molar-refractivity contribution in [2.45, 2.75) is 0 Å². The molecule has 0 atom stereocenters. The fourth-order valence-electron chi connectivity index (χ4n) is 2.14. The SMILES string of the molecule is O=C(COc1ccccc1)N1C(=O)c2ccccc2C1=O. The fourth-order valence-corrected chi connectivity index (χ4v) is 2.14. The molecule has 2 aromatic rings. The van der Waals surface area contributed by atoms with Crippen molar-refractivity contribution in [3.63, 3.8) is 0 Å². The molecule has 0 spiro atoms. The number of amides is 3. The van der Waals surface area contributed by atoms with Gasteiger partial charge in [-0.2, -0.15) is 0 Å². The summed E-state index contributed by atoms with van der Waals surface area (Å²) in [6, 6.07) is 15.1. The van der Waals surface area contributed by atoms with E-state index in [0.29, 0.717) is 10.6 Å². The third-order valence-corrected chi connectivity index (χ3v) is 3.15. The van der Waals surface area contributed by atoms with E-state index in [9.17, 15) is 14.4 Å². The minimum Gasteiger partial charge on any atom is -0.484 e. The van der Waals surface area contributed by atoms with Gasteiger partial charge in [-0.3, -0.25) is 14.4 Å². The third-order valence-electron chi connectivity index (χ3n) is 3.15. The Labute approximate surface area is 120 Å². The molecule has 0 fully saturated rings. The maximum Gasteiger partial charge on any atom is 0.274 e. The Balaban J connectivity index is 1.75. The van der Waals surface area contributed by atoms with Crippen LogP contribution < -0.4 is 4.74 Å². The molecule has 1 aliphatic rings. The third kappa shape index (κ3) is 2.29. The molecule has 0 saturated heterocycles. The van der Waals surface area contributed by atoms with Gasteiger partial charge in [-0.05, 0) is 24.3 Å². The van der Waals surface area contributed by atoms with Crippen molar-refractivity contribution in [2.24, 2.45) is 0 Å². The summed E-state index contributed by atoms with van der Waals surface area (Å²) in [7, 11) is 0. The van der Waals surface area contributed by atoms with E-state index in [1.165, 1.54) is 12.1 Å². The second kappa shape index (κ2) is 5.20. The summed E-state index contributed by atoms with van der Waals surface area (Å²) in [6.45, 7) is -0.366. The van der Waals surface area contributed by atoms with Crippen LogP contribution in [0.4, 0.5) is 0 Å². The molecule has 1 aliphatic heterocycles. The quantitative estimate of drug-likeness (QED) is 0.806. The first kappa shape index (κ1) is 13.1. The van der Waals surface area contributed by atoms with E-state index >= 15 is 0 Å². The van der Waals surface area contributed by atoms with Gasteiger partial charge in [-0.1, -0.05) is 30.3 Å². The van der Waals surface area contributed by atoms with Gasteiger partial charge in [-0.15, -0.1) is 0 Å². The van der Waals surface area contributed by atoms with Crippen LogP contribution in [0.1, 0.15) is 20.7 Å². The number of imide groups is 3. The average Bonchev–Trinajstić information content (AvgIpc) is 2.78. The van der Waals surface area contributed by atoms with E-state index in [4.69, 9.17) is 4.74 Å². The van der Waals surface area contributed by atoms with Gasteiger partial charge in [0.2, 0.25) is 0 Å². The minimum absolute atomic E-state index is 0.246. The van der Waals surface area contributed by atoms with Crippen LogP contribution in [0, 0.1) is 0 Å². The Hall–Kier alpha value is -2.95. The standard InChI is InChI=1S/C16H11NO4/c18-14(10-21-11-6-2-1-3-7-11)17-15(19)12-8-4-5-9-13(12)16(17)20/h1-9H,10H2. The Bertz CT molecular complexity index is 689. The molecule has 3 amide bonds. The lowest BCUT2D eigenvalue weighted by molar-refractivity contribution is -0.128. The summed E-state index contributed by atoms with van der Waals surface area (Å²) in [5.41, 5.74) is 0.492. The Morgan fingerprint density at radius 1 is 0.857 bits per heavy atom. The molecular formula is C16H11NO4. The molecule has 21 heavy (non-hydrogen) atoms. The van der Waals surface area contributed by atoms with Gasteiger partial charge in [0, 0.05) is 0 Å². The maximum atomic E-state index is 12.1. The number of carbonyl (C=O) groups is 3. The first-order valence-corrected chi connectivity index (χ1v) is 6.37. The fraction of sp³-hybridized carbons (Fsp3) is 0.0625. The highest BCUT2D eigenvalue weighted by molar-refractivity contribution is 6.29. The molecule has 0 unspecified atom stereocenters. The zero-order valence-corrected chi connectivity index (χ0v) is 11.0. The normalized spacial score (nSPS) is 13.2. The molecule has 0 N–H and O–H groups in total. The first-order chi connectivity index (χ1) is 10.2. The van der Waals surface area contributed by atoms with Crippen molar-refractivity contribution in [1.29, 1.82) is 0 Å². The first-order valence-electron chi connectivity index (χ1n) is 6.37. The van der Waals surface area contributed by atoms with Gasteiger partial charge in [0.15, 0.2) is 6.61 Å². The van der Waals surface area contributed by atoms with Crippen LogP contribution in [0.25, 0.3) is 0 Å². The largest absolute Gasteiger partial charge is 0.484 e. The summed E-state index contributed by atoms with van der Waals surface area (Å²) in [6.07, 6.45) is 0. The molecule has 3 rings (SSSR count). The lowest BCUT2D eigenvalue weighted by atomic mass is 10.1. The Morgan fingerprint density at radius 2 is 1.38 bits per heavy atom. The van der Waals surface area contributed by atoms with Gasteiger partial charge < -0.3 is 4.74 Å². The van der Waals surface area contributed by atoms with E-state index in [2.05, 4.69) is 0 Å². The van der Waals surface area contributed by atoms with Gasteiger partial charge in [-0.25, -0.2) is 4.90 Å². The molecule has 5 nitrogen and oxygen atoms in total. The van der Waals surface area contributed by atoms with Crippen LogP contribution in [0.3, 0.4) is 0 Å². The molecule has 1 heterocycles. The summed E-state index contributed by atoms with van der Waals surface area (Å²) < 4.78 is 5.28. The van der Waals surface area contributed by atoms with Gasteiger partial charge >= 0.3 is 0 Å². The number of fused-ring (bicyclic) bond motifs is 1. The highest BCUT2D eigenvalue weighted by atomic mass is 16.5. The summed E-state index contributed by atoms with van der Waals surface area (Å²) in [4.78, 5) is 36.9. The minimum atomic E-state index is -0.676. The molecule has 0 aliphatic carbocycles. The number of carbonyl (C=O) groups excluding carboxylic acids is 3. The van der Waals surface area contributed by atoms with Crippen LogP contribution >= 0.6 is 0 Å². The summed E-state index contributed by atoms with van der Waals surface area (Å²) in [5.74, 6) is -1.37. The highest BCUT2D eigenvalue weighted by Crippen LogP contribution is 2.22. The molecule has 2 aromatic carbocycles. The van der Waals surface area contributed by atoms with E-state index in [1.807, 2.05) is 6.07 Å². The monoisotopic (exact) mass is 281 g/mol. The highest BCUT2D eigenvalue weighted by Gasteiger charge is 2.39. The van der Waals surface area contributed by atoms with Crippen molar-refractivity contribution >= 4 is 17.7 Å². The lowest BCUT2D eigenvalue weighted by Crippen LogP contribution is -2.39. The zero-order valence-electron chi connectivity index (χ0n) is 11.0. The number of nitrogens with zero attached hydrogens (tertiary/aromatic N) is 1. The zero-order chi connectivity index (χ0) is 14.8. The maximum absolute atomic E-state index is 12.1. The van der Waals surface area contributed by atoms with Crippen LogP contribution in [-0.4, -0.2) is 29.2 Å². The molecule has 5 heteroatoms. The number of hydrogen-bond acceptors (Lipinski definition) is 4. The Morgan fingerprint density at radius 3 is 1.95 bits per heavy atom. The number of ether oxygens (including phenoxy) is 1. The summed E-state index contributed by atoms with van der Waals surface area (Å²) >= 11 is 0. The molecule has 104 valence electrons. The van der Waals surface area contributed by atoms with Crippen molar-refractivity contribution in [3.05, 3.63) is 65.7 Å². The number of para-hydroxylation sites is 1. The topological polar surface area (TPSA) is 63.7 Å². The van der Waals surface area contributed by atoms with Crippen molar-refractivity contribution in [3.8, 4) is 5.75 Å². The number of rotatable bonds is 3. The molecule has 0 saturated carbocycles. The smallest absolute Gasteiger partial charge is 0.274 e. The Kier molecular flexibility index (Phi) is 3.23. The average molecular weight is 281 g/mol. The lowest BCUT2D eigenvalue weighted by Gasteiger charge is -2.12. The predicted octanol–water partition coefficient (Wildman–Crippen LogP) is 1.89. The van der Waals surface area contributed by atoms with E-state index < -0.39 is 17.7 Å². The predicted molar refractivity (Wildman–Crippen MR) is 73.9 cm³/mol. The van der Waals surface area contributed by atoms with Crippen LogP contribution in [0.5, 0.6) is 5.75 Å². The van der Waals surface area contributed by atoms with E-state index in [0.717, 1.165) is 0 Å². The van der Waals surface area contributed by atoms with Crippen LogP contribution in [0.2, 0.25) is 0 Å². The van der Waals surface area contributed by atoms with Crippen LogP contribution in [0.15, 0.2) is 54.6 Å². The van der Waals surface area contributed by atoms with Gasteiger partial charge in [0.05, 0.1) is 11.1 Å². The molecule has 0 radical (unpaired) electrons. The summed E-state index contributed by atoms with van der Waals surface area (Å²) in [5, 5.41) is 0. The van der Waals surface area contributed by atoms with Crippen molar-refractivity contribution in [2.75, 3.05) is 6.61 Å². The van der Waals surface area contributed by atoms with Gasteiger partial charge in [0.25, 0.3) is 17.7 Å². The second-order valence-corrected chi connectivity index (χ2v) is 4.49. The number of benzene rings is 2. The second-order valence-electron chi connectivity index (χ2n) is 4.49. The van der Waals surface area contributed by atoms with E-state index in [1.54, 1.807) is 36.4 Å². The van der Waals surface area contributed by atoms with Gasteiger partial charge in [0.1, 0.15) is 5.75 Å². The molecular weight excluding hydrogens is 270 g/mol. The van der Waals surface area contributed by atoms with E-state index in [-0.39, 0.29) is 17.7 Å². The van der Waals surface area contributed by atoms with Crippen LogP contribution in [-0.2, 0) is 4.79 Å². The van der Waals surface area contributed by atoms with Crippen molar-refractivity contribution in [1.82, 2.24) is 4.90 Å².